The third-order valence-corrected chi connectivity index (χ3v) is 23.6. The Kier molecular flexibility index (Phi) is 35.6. The Morgan fingerprint density at radius 1 is 0.254 bits per heavy atom. The van der Waals surface area contributed by atoms with Gasteiger partial charge in [-0.3, -0.25) is 73.3 Å². The number of benzene rings is 3. The van der Waals surface area contributed by atoms with E-state index in [1.54, 1.807) is 0 Å². The molecule has 4 aliphatic rings. The lowest BCUT2D eigenvalue weighted by Crippen LogP contribution is -2.66. The van der Waals surface area contributed by atoms with Crippen molar-refractivity contribution in [2.45, 2.75) is 131 Å². The van der Waals surface area contributed by atoms with Crippen LogP contribution in [0.2, 0.25) is 0 Å². The van der Waals surface area contributed by atoms with Crippen molar-refractivity contribution >= 4 is 192 Å². The number of thioether (sulfide) groups is 2. The number of carbonyl (C=O) groups is 2. The van der Waals surface area contributed by atoms with Crippen molar-refractivity contribution in [3.05, 3.63) is 83.9 Å². The molecule has 20 atom stereocenters. The highest BCUT2D eigenvalue weighted by Crippen LogP contribution is 2.44. The zero-order chi connectivity index (χ0) is 95.5. The Morgan fingerprint density at radius 3 is 0.675 bits per heavy atom. The van der Waals surface area contributed by atoms with Gasteiger partial charge < -0.3 is 39.1 Å². The van der Waals surface area contributed by atoms with Gasteiger partial charge in [-0.05, 0) is 72.8 Å². The Bertz CT molecular complexity index is 5760. The summed E-state index contributed by atoms with van der Waals surface area (Å²) < 4.78 is 569. The highest BCUT2D eigenvalue weighted by Gasteiger charge is 2.62. The summed E-state index contributed by atoms with van der Waals surface area (Å²) in [4.78, 5) is 26.6. The van der Waals surface area contributed by atoms with Crippen molar-refractivity contribution in [1.82, 2.24) is 0 Å². The van der Waals surface area contributed by atoms with Crippen molar-refractivity contribution in [1.29, 1.82) is 0 Å². The van der Waals surface area contributed by atoms with Gasteiger partial charge in [0.2, 0.25) is 0 Å². The first-order valence-corrected chi connectivity index (χ1v) is 52.0. The molecule has 16 N–H and O–H groups in total. The zero-order valence-electron chi connectivity index (χ0n) is 59.5. The molecule has 0 spiro atoms. The van der Waals surface area contributed by atoms with Gasteiger partial charge in [0.1, 0.15) is 96.3 Å². The van der Waals surface area contributed by atoms with Crippen LogP contribution in [0.3, 0.4) is 0 Å². The molecule has 0 unspecified atom stereocenters. The summed E-state index contributed by atoms with van der Waals surface area (Å²) in [5.41, 5.74) is -5.78. The third kappa shape index (κ3) is 37.4. The number of hydrogen-bond acceptors (Lipinski definition) is 52. The largest absolute Gasteiger partial charge is 0.397 e. The summed E-state index contributed by atoms with van der Waals surface area (Å²) in [6.45, 7) is -7.63. The van der Waals surface area contributed by atoms with Crippen molar-refractivity contribution in [2.24, 2.45) is 0 Å². The van der Waals surface area contributed by atoms with Gasteiger partial charge in [-0.2, -0.15) is 118 Å². The first kappa shape index (κ1) is 108. The maximum Gasteiger partial charge on any atom is 0.397 e. The summed E-state index contributed by atoms with van der Waals surface area (Å²) in [6.07, 6.45) is -56.7. The lowest BCUT2D eigenvalue weighted by atomic mass is 9.97. The smallest absolute Gasteiger partial charge is 0.356 e. The van der Waals surface area contributed by atoms with Gasteiger partial charge >= 0.3 is 146 Å². The van der Waals surface area contributed by atoms with Crippen LogP contribution in [0.1, 0.15) is 20.7 Å². The molecule has 0 aliphatic carbocycles. The first-order chi connectivity index (χ1) is 56.9. The number of nitrogens with one attached hydrogen (secondary N) is 2. The van der Waals surface area contributed by atoms with E-state index in [0.717, 1.165) is 72.8 Å². The molecule has 66 nitrogen and oxygen atoms in total. The van der Waals surface area contributed by atoms with Gasteiger partial charge in [0.15, 0.2) is 24.8 Å². The standard InChI is InChI=1S/C44H56N2O64S16/c47-39(45-19-5-9-21(10-6-19)111-43-37(109-125(85,86)87)31(103-119(67,68)69)27(23(97-43)13-91-113(49,50)51)99-41-35(107-123(79,80)81)33(105-121(73,74)75)29(101-117(61,62)63)25(95-41)15-93-115(55,56)57)17-1-2-18(4-3-17)40(48)46-20-7-11-22(12-8-20)112-44-38(110-126(88,89)90)32(104-120(70,71)72)28(24(98-44)14-92-114(52,53)54)100-42-36(108-124(82,83)84)34(106-122(76,77)78)30(102-118(64,65)66)26(96-42)16-94-116(58,59)60/h1-12,23-38,41-44H,13-16H2,(H,45,47)(H,46,48)(H,49,50,51)(H,52,53,54)(H,55,56,57)(H,58,59,60)(H,61,62,63)(H,64,65,66)(H,67,68,69)(H,70,71,72)(H,73,74,75)(H,76,77,78)(H,79,80,81)(H,82,83,84)(H,85,86,87)(H,88,89,90)/t23-,24-,25-,26-,27-,28-,29-,30-,31+,32+,33+,34+,35-,36-,37-,38-,41+,42+,43+,44+/m1/s1. The predicted octanol–water partition coefficient (Wildman–Crippen LogP) is -6.80. The van der Waals surface area contributed by atoms with Crippen LogP contribution >= 0.6 is 23.5 Å². The van der Waals surface area contributed by atoms with E-state index in [4.69, 9.17) is 28.4 Å². The minimum absolute atomic E-state index is 0.106. The second-order valence-corrected chi connectivity index (χ2v) is 41.1. The summed E-state index contributed by atoms with van der Waals surface area (Å²) in [7, 11) is -85.4. The summed E-state index contributed by atoms with van der Waals surface area (Å²) in [5, 5.41) is 4.76. The average Bonchev–Trinajstić information content (AvgIpc) is 0.757. The monoisotopic (exact) mass is 2150 g/mol. The van der Waals surface area contributed by atoms with E-state index >= 15 is 0 Å². The molecule has 0 aromatic heterocycles. The van der Waals surface area contributed by atoms with E-state index in [1.165, 1.54) is 0 Å². The fraction of sp³-hybridized carbons (Fsp3) is 0.545. The molecular weight excluding hydrogens is 2090 g/mol. The maximum absolute atomic E-state index is 13.6. The van der Waals surface area contributed by atoms with Crippen LogP contribution in [0, 0.1) is 0 Å². The number of carbonyl (C=O) groups excluding carboxylic acids is 2. The minimum Gasteiger partial charge on any atom is -0.356 e. The van der Waals surface area contributed by atoms with Gasteiger partial charge in [0.25, 0.3) is 11.8 Å². The van der Waals surface area contributed by atoms with Gasteiger partial charge in [-0.1, -0.05) is 23.5 Å². The molecular formula is C44H56N2O64S16. The summed E-state index contributed by atoms with van der Waals surface area (Å²) >= 11 is 0.212. The van der Waals surface area contributed by atoms with E-state index in [-0.39, 0.29) is 55.8 Å². The van der Waals surface area contributed by atoms with Crippen LogP contribution in [0.15, 0.2) is 82.6 Å². The topological polar surface area (TPSA) is 1000 Å². The SMILES string of the molecule is O=C(Nc1ccc(S[C@@H]2O[C@H](COS(=O)(=O)O)[C@@H](O[C@@H]3O[C@H](COS(=O)(=O)O)[C@@H](OS(=O)(=O)O)[C@H](OS(=O)(=O)O)[C@H]3OS(=O)(=O)O)[C@H](OS(=O)(=O)O)[C@H]2OS(=O)(=O)O)cc1)c1ccc(C(=O)Nc2ccc(S[C@@H]3O[C@H](COS(=O)(=O)O)[C@@H](O[C@@H]4O[C@H](COS(=O)(=O)O)[C@@H](OS(=O)(=O)O)[C@H](OS(=O)(=O)O)[C@H]4OS(=O)(=O)O)[C@H](OS(=O)(=O)O)[C@H]3OS(=O)(=O)O)cc2)cc1. The van der Waals surface area contributed by atoms with E-state index in [9.17, 15) is 191 Å². The number of ether oxygens (including phenoxy) is 6. The second-order valence-electron chi connectivity index (χ2n) is 23.9. The quantitative estimate of drug-likeness (QED) is 0.0234. The van der Waals surface area contributed by atoms with Gasteiger partial charge in [0, 0.05) is 32.3 Å². The van der Waals surface area contributed by atoms with E-state index in [2.05, 4.69) is 69.2 Å². The molecule has 82 heteroatoms. The Labute approximate surface area is 717 Å². The zero-order valence-corrected chi connectivity index (χ0v) is 72.6. The van der Waals surface area contributed by atoms with Crippen LogP contribution in [0.5, 0.6) is 0 Å². The van der Waals surface area contributed by atoms with Crippen molar-refractivity contribution in [3.63, 3.8) is 0 Å². The fourth-order valence-corrected chi connectivity index (χ4v) is 19.4. The Balaban J connectivity index is 1.13. The van der Waals surface area contributed by atoms with Crippen LogP contribution < -0.4 is 10.6 Å². The van der Waals surface area contributed by atoms with Crippen LogP contribution in [-0.2, 0) is 233 Å². The lowest BCUT2D eigenvalue weighted by Gasteiger charge is -2.48. The molecule has 4 aliphatic heterocycles. The summed E-state index contributed by atoms with van der Waals surface area (Å²) in [6, 6.07) is 12.2. The van der Waals surface area contributed by atoms with Crippen molar-refractivity contribution in [3.8, 4) is 0 Å². The Hall–Kier alpha value is -4.76. The van der Waals surface area contributed by atoms with E-state index in [1.807, 2.05) is 0 Å². The molecule has 2 amide bonds. The van der Waals surface area contributed by atoms with Crippen LogP contribution in [0.25, 0.3) is 0 Å². The lowest BCUT2D eigenvalue weighted by molar-refractivity contribution is -0.325. The average molecular weight is 2150 g/mol. The first-order valence-electron chi connectivity index (χ1n) is 31.1. The van der Waals surface area contributed by atoms with Gasteiger partial charge in [-0.15, -0.1) is 0 Å². The predicted molar refractivity (Wildman–Crippen MR) is 386 cm³/mol. The number of amides is 2. The molecule has 3 aromatic rings. The van der Waals surface area contributed by atoms with Crippen molar-refractivity contribution < 1.29 is 278 Å². The van der Waals surface area contributed by atoms with Crippen molar-refractivity contribution in [2.75, 3.05) is 37.1 Å². The van der Waals surface area contributed by atoms with Gasteiger partial charge in [-0.25, -0.2) is 58.6 Å². The molecule has 0 saturated carbocycles. The molecule has 4 fully saturated rings. The molecule has 0 bridgehead atoms. The number of rotatable bonds is 44. The number of hydrogen-bond donors (Lipinski definition) is 16. The van der Waals surface area contributed by atoms with Crippen LogP contribution in [0.4, 0.5) is 11.4 Å². The normalized spacial score (nSPS) is 28.2. The van der Waals surface area contributed by atoms with E-state index < -0.39 is 305 Å². The van der Waals surface area contributed by atoms with Gasteiger partial charge in [0.05, 0.1) is 26.4 Å². The maximum atomic E-state index is 13.6. The molecule has 0 radical (unpaired) electrons. The highest BCUT2D eigenvalue weighted by molar-refractivity contribution is 8.00. The minimum atomic E-state index is -6.30. The Morgan fingerprint density at radius 2 is 0.452 bits per heavy atom. The molecule has 722 valence electrons. The van der Waals surface area contributed by atoms with Crippen LogP contribution in [-0.4, -0.2) is 341 Å². The third-order valence-electron chi connectivity index (χ3n) is 14.9. The molecule has 3 aromatic carbocycles. The second kappa shape index (κ2) is 41.4. The molecule has 4 heterocycles. The summed E-state index contributed by atoms with van der Waals surface area (Å²) in [5.74, 6) is -2.00. The molecule has 7 rings (SSSR count). The van der Waals surface area contributed by atoms with E-state index in [0.29, 0.717) is 0 Å². The molecule has 4 saturated heterocycles. The highest BCUT2D eigenvalue weighted by atomic mass is 32.3. The molecule has 126 heavy (non-hydrogen) atoms. The number of anilines is 2. The fourth-order valence-electron chi connectivity index (χ4n) is 10.9.